The molecule has 2 aromatic heterocycles. The fourth-order valence-electron chi connectivity index (χ4n) is 1.74. The molecule has 0 amide bonds. The molecule has 6 heteroatoms. The molecule has 0 bridgehead atoms. The van der Waals surface area contributed by atoms with Gasteiger partial charge in [-0.1, -0.05) is 12.1 Å². The van der Waals surface area contributed by atoms with Crippen LogP contribution in [0, 0.1) is 0 Å². The van der Waals surface area contributed by atoms with Crippen LogP contribution in [0.4, 0.5) is 0 Å². The molecule has 2 heterocycles. The molecule has 1 N–H and O–H groups in total. The first-order valence-corrected chi connectivity index (χ1v) is 5.82. The van der Waals surface area contributed by atoms with Gasteiger partial charge in [0.2, 0.25) is 11.7 Å². The average molecular weight is 267 g/mol. The third-order valence-electron chi connectivity index (χ3n) is 2.61. The zero-order valence-electron chi connectivity index (χ0n) is 10.2. The molecular formula is C14H9N3O3. The topological polar surface area (TPSA) is 85.2 Å². The molecular weight excluding hydrogens is 258 g/mol. The first-order chi connectivity index (χ1) is 9.74. The maximum absolute atomic E-state index is 11.1. The Balaban J connectivity index is 2.15. The second-order valence-electron chi connectivity index (χ2n) is 3.97. The van der Waals surface area contributed by atoms with Crippen molar-refractivity contribution in [1.82, 2.24) is 15.0 Å². The number of carboxylic acids is 1. The van der Waals surface area contributed by atoms with Crippen molar-refractivity contribution in [3.05, 3.63) is 54.6 Å². The van der Waals surface area contributed by atoms with Crippen LogP contribution in [-0.4, -0.2) is 26.0 Å². The molecule has 3 rings (SSSR count). The van der Waals surface area contributed by atoms with E-state index in [1.165, 1.54) is 6.20 Å². The minimum absolute atomic E-state index is 0.195. The molecule has 0 radical (unpaired) electrons. The molecule has 0 aliphatic rings. The van der Waals surface area contributed by atoms with Gasteiger partial charge in [-0.05, 0) is 24.3 Å². The second-order valence-corrected chi connectivity index (χ2v) is 3.97. The highest BCUT2D eigenvalue weighted by Gasteiger charge is 2.14. The third kappa shape index (κ3) is 2.26. The molecule has 0 fully saturated rings. The quantitative estimate of drug-likeness (QED) is 0.784. The number of benzene rings is 1. The SMILES string of the molecule is O=C(O)c1nc(Oc2cccnc2)c2ccccc2n1. The van der Waals surface area contributed by atoms with Crippen LogP contribution < -0.4 is 4.74 Å². The van der Waals surface area contributed by atoms with Gasteiger partial charge in [0.15, 0.2) is 0 Å². The number of rotatable bonds is 3. The van der Waals surface area contributed by atoms with Crippen LogP contribution in [0.2, 0.25) is 0 Å². The average Bonchev–Trinajstić information content (AvgIpc) is 2.48. The lowest BCUT2D eigenvalue weighted by molar-refractivity contribution is 0.0683. The standard InChI is InChI=1S/C14H9N3O3/c18-14(19)12-16-11-6-2-1-5-10(11)13(17-12)20-9-4-3-7-15-8-9/h1-8H,(H,18,19). The Bertz CT molecular complexity index is 775. The minimum Gasteiger partial charge on any atom is -0.475 e. The number of aromatic nitrogens is 3. The number of para-hydroxylation sites is 1. The van der Waals surface area contributed by atoms with E-state index in [-0.39, 0.29) is 11.7 Å². The van der Waals surface area contributed by atoms with E-state index in [1.807, 2.05) is 6.07 Å². The second kappa shape index (κ2) is 4.93. The summed E-state index contributed by atoms with van der Waals surface area (Å²) in [5, 5.41) is 9.68. The fraction of sp³-hybridized carbons (Fsp3) is 0. The van der Waals surface area contributed by atoms with Gasteiger partial charge in [0.05, 0.1) is 17.1 Å². The predicted octanol–water partition coefficient (Wildman–Crippen LogP) is 2.52. The van der Waals surface area contributed by atoms with E-state index in [2.05, 4.69) is 15.0 Å². The number of ether oxygens (including phenoxy) is 1. The van der Waals surface area contributed by atoms with E-state index in [9.17, 15) is 4.79 Å². The van der Waals surface area contributed by atoms with Gasteiger partial charge in [0.1, 0.15) is 5.75 Å². The first kappa shape index (κ1) is 12.0. The van der Waals surface area contributed by atoms with Gasteiger partial charge in [-0.25, -0.2) is 9.78 Å². The maximum Gasteiger partial charge on any atom is 0.374 e. The minimum atomic E-state index is -1.20. The highest BCUT2D eigenvalue weighted by Crippen LogP contribution is 2.26. The van der Waals surface area contributed by atoms with Crippen molar-refractivity contribution in [3.8, 4) is 11.6 Å². The largest absolute Gasteiger partial charge is 0.475 e. The lowest BCUT2D eigenvalue weighted by Gasteiger charge is -2.08. The maximum atomic E-state index is 11.1. The van der Waals surface area contributed by atoms with Crippen LogP contribution >= 0.6 is 0 Å². The monoisotopic (exact) mass is 267 g/mol. The van der Waals surface area contributed by atoms with Gasteiger partial charge >= 0.3 is 5.97 Å². The highest BCUT2D eigenvalue weighted by atomic mass is 16.5. The predicted molar refractivity (Wildman–Crippen MR) is 70.8 cm³/mol. The molecule has 98 valence electrons. The Morgan fingerprint density at radius 3 is 2.70 bits per heavy atom. The fourth-order valence-corrected chi connectivity index (χ4v) is 1.74. The summed E-state index contributed by atoms with van der Waals surface area (Å²) < 4.78 is 5.61. The summed E-state index contributed by atoms with van der Waals surface area (Å²) in [7, 11) is 0. The summed E-state index contributed by atoms with van der Waals surface area (Å²) in [6, 6.07) is 10.5. The van der Waals surface area contributed by atoms with Crippen LogP contribution in [0.3, 0.4) is 0 Å². The third-order valence-corrected chi connectivity index (χ3v) is 2.61. The summed E-state index contributed by atoms with van der Waals surface area (Å²) in [6.45, 7) is 0. The van der Waals surface area contributed by atoms with Crippen molar-refractivity contribution in [2.24, 2.45) is 0 Å². The summed E-state index contributed by atoms with van der Waals surface area (Å²) in [5.74, 6) is -0.830. The van der Waals surface area contributed by atoms with Crippen molar-refractivity contribution >= 4 is 16.9 Å². The molecule has 6 nitrogen and oxygen atoms in total. The number of aromatic carboxylic acids is 1. The van der Waals surface area contributed by atoms with Gasteiger partial charge in [0, 0.05) is 6.20 Å². The normalized spacial score (nSPS) is 10.4. The number of hydrogen-bond acceptors (Lipinski definition) is 5. The molecule has 1 aromatic carbocycles. The number of nitrogens with zero attached hydrogens (tertiary/aromatic N) is 3. The number of pyridine rings is 1. The van der Waals surface area contributed by atoms with E-state index in [0.29, 0.717) is 16.7 Å². The number of hydrogen-bond donors (Lipinski definition) is 1. The van der Waals surface area contributed by atoms with Gasteiger partial charge in [-0.15, -0.1) is 0 Å². The smallest absolute Gasteiger partial charge is 0.374 e. The van der Waals surface area contributed by atoms with Crippen molar-refractivity contribution in [2.75, 3.05) is 0 Å². The number of carbonyl (C=O) groups is 1. The van der Waals surface area contributed by atoms with Crippen LogP contribution in [0.5, 0.6) is 11.6 Å². The summed E-state index contributed by atoms with van der Waals surface area (Å²) in [6.07, 6.45) is 3.14. The van der Waals surface area contributed by atoms with E-state index in [1.54, 1.807) is 36.5 Å². The zero-order chi connectivity index (χ0) is 13.9. The Morgan fingerprint density at radius 1 is 1.10 bits per heavy atom. The Kier molecular flexibility index (Phi) is 2.96. The van der Waals surface area contributed by atoms with E-state index < -0.39 is 5.97 Å². The molecule has 0 aliphatic heterocycles. The van der Waals surface area contributed by atoms with E-state index >= 15 is 0 Å². The highest BCUT2D eigenvalue weighted by molar-refractivity contribution is 5.90. The molecule has 0 saturated carbocycles. The molecule has 20 heavy (non-hydrogen) atoms. The van der Waals surface area contributed by atoms with Gasteiger partial charge in [0.25, 0.3) is 0 Å². The molecule has 0 saturated heterocycles. The summed E-state index contributed by atoms with van der Waals surface area (Å²) in [5.41, 5.74) is 0.513. The molecule has 0 spiro atoms. The Hall–Kier alpha value is -3.02. The van der Waals surface area contributed by atoms with Gasteiger partial charge in [-0.3, -0.25) is 4.98 Å². The zero-order valence-corrected chi connectivity index (χ0v) is 10.2. The van der Waals surface area contributed by atoms with E-state index in [0.717, 1.165) is 0 Å². The summed E-state index contributed by atoms with van der Waals surface area (Å²) >= 11 is 0. The Labute approximate surface area is 113 Å². The lowest BCUT2D eigenvalue weighted by Crippen LogP contribution is -2.05. The van der Waals surface area contributed by atoms with Crippen molar-refractivity contribution in [1.29, 1.82) is 0 Å². The number of fused-ring (bicyclic) bond motifs is 1. The Morgan fingerprint density at radius 2 is 1.95 bits per heavy atom. The van der Waals surface area contributed by atoms with Gasteiger partial charge < -0.3 is 9.84 Å². The molecule has 3 aromatic rings. The van der Waals surface area contributed by atoms with Crippen LogP contribution in [0.25, 0.3) is 10.9 Å². The summed E-state index contributed by atoms with van der Waals surface area (Å²) in [4.78, 5) is 22.9. The van der Waals surface area contributed by atoms with Crippen molar-refractivity contribution in [2.45, 2.75) is 0 Å². The first-order valence-electron chi connectivity index (χ1n) is 5.82. The number of carboxylic acid groups (broad SMARTS) is 1. The van der Waals surface area contributed by atoms with Crippen molar-refractivity contribution < 1.29 is 14.6 Å². The van der Waals surface area contributed by atoms with Crippen LogP contribution in [-0.2, 0) is 0 Å². The van der Waals surface area contributed by atoms with Gasteiger partial charge in [-0.2, -0.15) is 4.98 Å². The molecule has 0 atom stereocenters. The van der Waals surface area contributed by atoms with E-state index in [4.69, 9.17) is 9.84 Å². The molecule has 0 aliphatic carbocycles. The lowest BCUT2D eigenvalue weighted by atomic mass is 10.2. The van der Waals surface area contributed by atoms with Crippen LogP contribution in [0.15, 0.2) is 48.8 Å². The molecule has 0 unspecified atom stereocenters. The van der Waals surface area contributed by atoms with Crippen molar-refractivity contribution in [3.63, 3.8) is 0 Å². The van der Waals surface area contributed by atoms with Crippen LogP contribution in [0.1, 0.15) is 10.6 Å².